The van der Waals surface area contributed by atoms with Crippen LogP contribution >= 0.6 is 0 Å². The molecule has 0 spiro atoms. The monoisotopic (exact) mass is 282 g/mol. The van der Waals surface area contributed by atoms with E-state index in [0.29, 0.717) is 26.2 Å². The molecule has 0 radical (unpaired) electrons. The quantitative estimate of drug-likeness (QED) is 0.776. The molecule has 0 N–H and O–H groups in total. The Bertz CT molecular complexity index is 262. The molecule has 2 rings (SSSR count). The van der Waals surface area contributed by atoms with Crippen LogP contribution in [0.5, 0.6) is 0 Å². The fourth-order valence-electron chi connectivity index (χ4n) is 2.42. The number of rotatable bonds is 4. The Morgan fingerprint density at radius 2 is 1.53 bits per heavy atom. The molecule has 2 aliphatic heterocycles. The number of nitrogens with zero attached hydrogens (tertiary/aromatic N) is 2. The Balaban J connectivity index is 1.60. The Morgan fingerprint density at radius 3 is 2.11 bits per heavy atom. The molecular formula is C12H21F3N2O2. The first-order valence-electron chi connectivity index (χ1n) is 6.77. The van der Waals surface area contributed by atoms with Crippen LogP contribution in [0, 0.1) is 0 Å². The zero-order chi connectivity index (χ0) is 13.7. The molecule has 0 unspecified atom stereocenters. The molecule has 0 aromatic heterocycles. The van der Waals surface area contributed by atoms with E-state index in [9.17, 15) is 13.2 Å². The summed E-state index contributed by atoms with van der Waals surface area (Å²) in [6, 6.07) is 0. The van der Waals surface area contributed by atoms with E-state index >= 15 is 0 Å². The summed E-state index contributed by atoms with van der Waals surface area (Å²) in [6.07, 6.45) is -2.50. The van der Waals surface area contributed by atoms with Gasteiger partial charge in [0.1, 0.15) is 0 Å². The van der Waals surface area contributed by atoms with Crippen molar-refractivity contribution in [1.82, 2.24) is 9.80 Å². The molecule has 0 atom stereocenters. The number of hydrogen-bond acceptors (Lipinski definition) is 4. The van der Waals surface area contributed by atoms with Gasteiger partial charge < -0.3 is 14.4 Å². The van der Waals surface area contributed by atoms with Crippen molar-refractivity contribution in [3.05, 3.63) is 0 Å². The van der Waals surface area contributed by atoms with E-state index in [1.165, 1.54) is 4.90 Å². The van der Waals surface area contributed by atoms with Crippen molar-refractivity contribution >= 4 is 0 Å². The van der Waals surface area contributed by atoms with Gasteiger partial charge in [0.05, 0.1) is 19.8 Å². The average Bonchev–Trinajstić information content (AvgIpc) is 2.37. The Kier molecular flexibility index (Phi) is 5.44. The van der Waals surface area contributed by atoms with Crippen LogP contribution < -0.4 is 0 Å². The molecule has 2 aliphatic rings. The second-order valence-corrected chi connectivity index (χ2v) is 5.05. The lowest BCUT2D eigenvalue weighted by Crippen LogP contribution is -2.49. The average molecular weight is 282 g/mol. The van der Waals surface area contributed by atoms with E-state index in [-0.39, 0.29) is 6.29 Å². The molecule has 112 valence electrons. The van der Waals surface area contributed by atoms with Crippen molar-refractivity contribution < 1.29 is 22.6 Å². The normalized spacial score (nSPS) is 24.8. The first-order valence-corrected chi connectivity index (χ1v) is 6.77. The summed E-state index contributed by atoms with van der Waals surface area (Å²) in [5.74, 6) is 0. The number of alkyl halides is 3. The maximum Gasteiger partial charge on any atom is 0.401 e. The Hall–Kier alpha value is -0.370. The molecule has 19 heavy (non-hydrogen) atoms. The SMILES string of the molecule is FC(F)(F)CN1CCN(CCC2OCCCO2)CC1. The smallest absolute Gasteiger partial charge is 0.353 e. The minimum absolute atomic E-state index is 0.137. The van der Waals surface area contributed by atoms with Gasteiger partial charge in [-0.15, -0.1) is 0 Å². The molecule has 2 fully saturated rings. The Labute approximate surface area is 111 Å². The summed E-state index contributed by atoms with van der Waals surface area (Å²) < 4.78 is 47.6. The van der Waals surface area contributed by atoms with Gasteiger partial charge in [0, 0.05) is 39.1 Å². The van der Waals surface area contributed by atoms with Crippen molar-refractivity contribution in [2.75, 3.05) is 52.5 Å². The lowest BCUT2D eigenvalue weighted by molar-refractivity contribution is -0.183. The van der Waals surface area contributed by atoms with Crippen LogP contribution in [0.2, 0.25) is 0 Å². The zero-order valence-corrected chi connectivity index (χ0v) is 11.0. The van der Waals surface area contributed by atoms with Gasteiger partial charge in [0.15, 0.2) is 6.29 Å². The standard InChI is InChI=1S/C12H21F3N2O2/c13-12(14,15)10-17-6-4-16(5-7-17)3-2-11-18-8-1-9-19-11/h11H,1-10H2. The van der Waals surface area contributed by atoms with E-state index in [4.69, 9.17) is 9.47 Å². The minimum atomic E-state index is -4.09. The second-order valence-electron chi connectivity index (χ2n) is 5.05. The first kappa shape index (κ1) is 15.0. The highest BCUT2D eigenvalue weighted by Gasteiger charge is 2.32. The highest BCUT2D eigenvalue weighted by Crippen LogP contribution is 2.18. The van der Waals surface area contributed by atoms with E-state index in [2.05, 4.69) is 4.90 Å². The van der Waals surface area contributed by atoms with Gasteiger partial charge in [-0.05, 0) is 6.42 Å². The van der Waals surface area contributed by atoms with Crippen LogP contribution in [0.3, 0.4) is 0 Å². The van der Waals surface area contributed by atoms with Crippen LogP contribution in [0.15, 0.2) is 0 Å². The van der Waals surface area contributed by atoms with Gasteiger partial charge in [0.25, 0.3) is 0 Å². The molecule has 0 amide bonds. The van der Waals surface area contributed by atoms with E-state index in [1.807, 2.05) is 0 Å². The largest absolute Gasteiger partial charge is 0.401 e. The molecule has 0 aliphatic carbocycles. The van der Waals surface area contributed by atoms with E-state index in [0.717, 1.165) is 32.6 Å². The number of piperazine rings is 1. The van der Waals surface area contributed by atoms with Gasteiger partial charge >= 0.3 is 6.18 Å². The Morgan fingerprint density at radius 1 is 0.947 bits per heavy atom. The highest BCUT2D eigenvalue weighted by molar-refractivity contribution is 4.74. The maximum atomic E-state index is 12.2. The summed E-state index contributed by atoms with van der Waals surface area (Å²) in [4.78, 5) is 3.64. The van der Waals surface area contributed by atoms with Crippen LogP contribution in [-0.4, -0.2) is 74.7 Å². The number of hydrogen-bond donors (Lipinski definition) is 0. The van der Waals surface area contributed by atoms with Crippen LogP contribution in [0.25, 0.3) is 0 Å². The van der Waals surface area contributed by atoms with Gasteiger partial charge in [-0.25, -0.2) is 0 Å². The molecule has 2 saturated heterocycles. The first-order chi connectivity index (χ1) is 9.03. The minimum Gasteiger partial charge on any atom is -0.353 e. The topological polar surface area (TPSA) is 24.9 Å². The van der Waals surface area contributed by atoms with Crippen molar-refractivity contribution in [2.24, 2.45) is 0 Å². The van der Waals surface area contributed by atoms with Gasteiger partial charge in [-0.3, -0.25) is 4.90 Å². The van der Waals surface area contributed by atoms with Gasteiger partial charge in [0.2, 0.25) is 0 Å². The molecular weight excluding hydrogens is 261 g/mol. The molecule has 7 heteroatoms. The van der Waals surface area contributed by atoms with E-state index < -0.39 is 12.7 Å². The molecule has 0 saturated carbocycles. The summed E-state index contributed by atoms with van der Waals surface area (Å²) in [5, 5.41) is 0. The lowest BCUT2D eigenvalue weighted by Gasteiger charge is -2.35. The second kappa shape index (κ2) is 6.88. The summed E-state index contributed by atoms with van der Waals surface area (Å²) in [7, 11) is 0. The van der Waals surface area contributed by atoms with Crippen LogP contribution in [0.4, 0.5) is 13.2 Å². The van der Waals surface area contributed by atoms with Crippen molar-refractivity contribution in [2.45, 2.75) is 25.3 Å². The molecule has 4 nitrogen and oxygen atoms in total. The predicted octanol–water partition coefficient (Wildman–Crippen LogP) is 1.32. The van der Waals surface area contributed by atoms with Crippen LogP contribution in [-0.2, 0) is 9.47 Å². The fraction of sp³-hybridized carbons (Fsp3) is 1.00. The molecule has 0 aromatic rings. The molecule has 0 aromatic carbocycles. The fourth-order valence-corrected chi connectivity index (χ4v) is 2.42. The van der Waals surface area contributed by atoms with Crippen molar-refractivity contribution in [1.29, 1.82) is 0 Å². The third kappa shape index (κ3) is 5.64. The lowest BCUT2D eigenvalue weighted by atomic mass is 10.2. The van der Waals surface area contributed by atoms with Gasteiger partial charge in [-0.2, -0.15) is 13.2 Å². The summed E-state index contributed by atoms with van der Waals surface area (Å²) >= 11 is 0. The third-order valence-electron chi connectivity index (χ3n) is 3.44. The van der Waals surface area contributed by atoms with Gasteiger partial charge in [-0.1, -0.05) is 0 Å². The molecule has 0 bridgehead atoms. The number of halogens is 3. The zero-order valence-electron chi connectivity index (χ0n) is 11.0. The summed E-state index contributed by atoms with van der Waals surface area (Å²) in [5.41, 5.74) is 0. The predicted molar refractivity (Wildman–Crippen MR) is 63.9 cm³/mol. The van der Waals surface area contributed by atoms with Crippen molar-refractivity contribution in [3.63, 3.8) is 0 Å². The molecule has 2 heterocycles. The number of ether oxygens (including phenoxy) is 2. The maximum absolute atomic E-state index is 12.2. The van der Waals surface area contributed by atoms with Crippen LogP contribution in [0.1, 0.15) is 12.8 Å². The summed E-state index contributed by atoms with van der Waals surface area (Å²) in [6.45, 7) is 3.83. The van der Waals surface area contributed by atoms with Crippen molar-refractivity contribution in [3.8, 4) is 0 Å². The highest BCUT2D eigenvalue weighted by atomic mass is 19.4. The third-order valence-corrected chi connectivity index (χ3v) is 3.44. The van der Waals surface area contributed by atoms with E-state index in [1.54, 1.807) is 0 Å².